The summed E-state index contributed by atoms with van der Waals surface area (Å²) in [7, 11) is 0. The molecule has 0 spiro atoms. The molecule has 1 aromatic heterocycles. The average molecular weight is 363 g/mol. The van der Waals surface area contributed by atoms with Crippen molar-refractivity contribution in [1.82, 2.24) is 9.55 Å². The second-order valence-electron chi connectivity index (χ2n) is 6.03. The van der Waals surface area contributed by atoms with Gasteiger partial charge in [-0.05, 0) is 12.5 Å². The third-order valence-electron chi connectivity index (χ3n) is 4.43. The van der Waals surface area contributed by atoms with E-state index in [9.17, 15) is 9.59 Å². The van der Waals surface area contributed by atoms with Gasteiger partial charge in [0.2, 0.25) is 5.60 Å². The van der Waals surface area contributed by atoms with Crippen molar-refractivity contribution in [2.45, 2.75) is 31.9 Å². The van der Waals surface area contributed by atoms with Crippen molar-refractivity contribution in [3.8, 4) is 0 Å². The highest BCUT2D eigenvalue weighted by atomic mass is 35.5. The number of benzene rings is 1. The number of carbonyl (C=O) groups is 2. The molecule has 1 saturated heterocycles. The van der Waals surface area contributed by atoms with E-state index in [0.717, 1.165) is 5.56 Å². The third-order valence-corrected chi connectivity index (χ3v) is 4.71. The van der Waals surface area contributed by atoms with Gasteiger partial charge < -0.3 is 14.0 Å². The molecule has 3 rings (SSSR count). The first kappa shape index (κ1) is 17.6. The minimum absolute atomic E-state index is 0.0483. The number of rotatable bonds is 6. The van der Waals surface area contributed by atoms with Gasteiger partial charge in [0.25, 0.3) is 0 Å². The Morgan fingerprint density at radius 2 is 2.04 bits per heavy atom. The maximum Gasteiger partial charge on any atom is 0.359 e. The topological polar surface area (TPSA) is 70.4 Å². The minimum Gasteiger partial charge on any atom is -0.441 e. The van der Waals surface area contributed by atoms with E-state index in [-0.39, 0.29) is 42.3 Å². The number of ether oxygens (including phenoxy) is 2. The molecule has 1 aliphatic rings. The molecule has 1 aromatic carbocycles. The fourth-order valence-corrected chi connectivity index (χ4v) is 3.04. The second kappa shape index (κ2) is 6.98. The first-order valence-electron chi connectivity index (χ1n) is 8.10. The zero-order valence-electron chi connectivity index (χ0n) is 14.1. The summed E-state index contributed by atoms with van der Waals surface area (Å²) in [4.78, 5) is 28.9. The maximum atomic E-state index is 12.7. The maximum absolute atomic E-state index is 12.7. The summed E-state index contributed by atoms with van der Waals surface area (Å²) >= 11 is 6.13. The zero-order valence-corrected chi connectivity index (χ0v) is 14.8. The van der Waals surface area contributed by atoms with Gasteiger partial charge in [0, 0.05) is 6.42 Å². The number of imidazole rings is 1. The number of ketones is 1. The van der Waals surface area contributed by atoms with Crippen molar-refractivity contribution in [3.63, 3.8) is 0 Å². The van der Waals surface area contributed by atoms with Crippen LogP contribution in [0.25, 0.3) is 0 Å². The molecule has 0 amide bonds. The summed E-state index contributed by atoms with van der Waals surface area (Å²) in [5.41, 5.74) is -0.0783. The van der Waals surface area contributed by atoms with Crippen LogP contribution in [0.2, 0.25) is 5.15 Å². The van der Waals surface area contributed by atoms with Gasteiger partial charge in [-0.1, -0.05) is 48.9 Å². The first-order chi connectivity index (χ1) is 12.0. The molecule has 25 heavy (non-hydrogen) atoms. The summed E-state index contributed by atoms with van der Waals surface area (Å²) in [6, 6.07) is 9.50. The molecular weight excluding hydrogens is 344 g/mol. The lowest BCUT2D eigenvalue weighted by atomic mass is 9.94. The summed E-state index contributed by atoms with van der Waals surface area (Å²) in [5.74, 6) is -0.833. The molecule has 7 heteroatoms. The van der Waals surface area contributed by atoms with Gasteiger partial charge in [-0.25, -0.2) is 9.78 Å². The van der Waals surface area contributed by atoms with Crippen LogP contribution in [0.15, 0.2) is 36.7 Å². The fourth-order valence-electron chi connectivity index (χ4n) is 2.83. The molecular formula is C18H19ClN2O4. The highest BCUT2D eigenvalue weighted by Gasteiger charge is 2.49. The number of nitrogens with zero attached hydrogens (tertiary/aromatic N) is 2. The quantitative estimate of drug-likeness (QED) is 0.738. The normalized spacial score (nSPS) is 16.8. The van der Waals surface area contributed by atoms with E-state index in [0.29, 0.717) is 0 Å². The SMILES string of the molecule is CCC(=O)C1(OC(=O)c2c(Cl)ncn2[C@H](C)c2ccccc2)COC1. The minimum atomic E-state index is -1.21. The molecule has 0 unspecified atom stereocenters. The number of halogens is 1. The Morgan fingerprint density at radius 3 is 2.60 bits per heavy atom. The van der Waals surface area contributed by atoms with Gasteiger partial charge in [-0.3, -0.25) is 4.79 Å². The molecule has 1 atom stereocenters. The van der Waals surface area contributed by atoms with Crippen LogP contribution >= 0.6 is 11.6 Å². The molecule has 1 aliphatic heterocycles. The molecule has 6 nitrogen and oxygen atoms in total. The number of aromatic nitrogens is 2. The Bertz CT molecular complexity index is 784. The van der Waals surface area contributed by atoms with Crippen LogP contribution in [-0.4, -0.2) is 40.1 Å². The molecule has 0 N–H and O–H groups in total. The van der Waals surface area contributed by atoms with E-state index in [1.807, 2.05) is 37.3 Å². The van der Waals surface area contributed by atoms with Crippen LogP contribution in [0.3, 0.4) is 0 Å². The predicted octanol–water partition coefficient (Wildman–Crippen LogP) is 3.05. The molecule has 132 valence electrons. The highest BCUT2D eigenvalue weighted by Crippen LogP contribution is 2.29. The fraction of sp³-hybridized carbons (Fsp3) is 0.389. The van der Waals surface area contributed by atoms with Gasteiger partial charge in [0.1, 0.15) is 0 Å². The average Bonchev–Trinajstić information content (AvgIpc) is 2.99. The first-order valence-corrected chi connectivity index (χ1v) is 8.48. The monoisotopic (exact) mass is 362 g/mol. The van der Waals surface area contributed by atoms with Crippen molar-refractivity contribution in [1.29, 1.82) is 0 Å². The third kappa shape index (κ3) is 3.19. The molecule has 2 heterocycles. The van der Waals surface area contributed by atoms with E-state index in [4.69, 9.17) is 21.1 Å². The van der Waals surface area contributed by atoms with Gasteiger partial charge >= 0.3 is 5.97 Å². The molecule has 1 fully saturated rings. The Hall–Kier alpha value is -2.18. The summed E-state index contributed by atoms with van der Waals surface area (Å²) in [6.07, 6.45) is 1.77. The van der Waals surface area contributed by atoms with E-state index < -0.39 is 11.6 Å². The highest BCUT2D eigenvalue weighted by molar-refractivity contribution is 6.32. The van der Waals surface area contributed by atoms with Crippen LogP contribution in [0.5, 0.6) is 0 Å². The van der Waals surface area contributed by atoms with Gasteiger partial charge in [0.15, 0.2) is 16.6 Å². The van der Waals surface area contributed by atoms with Crippen LogP contribution in [0.1, 0.15) is 42.4 Å². The van der Waals surface area contributed by atoms with Crippen molar-refractivity contribution in [3.05, 3.63) is 53.1 Å². The summed E-state index contributed by atoms with van der Waals surface area (Å²) < 4.78 is 12.3. The van der Waals surface area contributed by atoms with Gasteiger partial charge in [-0.15, -0.1) is 0 Å². The van der Waals surface area contributed by atoms with E-state index >= 15 is 0 Å². The van der Waals surface area contributed by atoms with Crippen LogP contribution in [-0.2, 0) is 14.3 Å². The van der Waals surface area contributed by atoms with Crippen molar-refractivity contribution in [2.75, 3.05) is 13.2 Å². The largest absolute Gasteiger partial charge is 0.441 e. The van der Waals surface area contributed by atoms with E-state index in [2.05, 4.69) is 4.98 Å². The van der Waals surface area contributed by atoms with E-state index in [1.165, 1.54) is 6.33 Å². The zero-order chi connectivity index (χ0) is 18.0. The summed E-state index contributed by atoms with van der Waals surface area (Å²) in [6.45, 7) is 3.81. The second-order valence-corrected chi connectivity index (χ2v) is 6.39. The standard InChI is InChI=1S/C18H19ClN2O4/c1-3-14(22)18(9-24-10-18)25-17(23)15-16(19)20-11-21(15)12(2)13-7-5-4-6-8-13/h4-8,11-12H,3,9-10H2,1-2H3/t12-/m1/s1. The number of esters is 1. The van der Waals surface area contributed by atoms with Crippen molar-refractivity contribution >= 4 is 23.4 Å². The number of hydrogen-bond donors (Lipinski definition) is 0. The number of hydrogen-bond acceptors (Lipinski definition) is 5. The Morgan fingerprint density at radius 1 is 1.36 bits per heavy atom. The molecule has 0 radical (unpaired) electrons. The van der Waals surface area contributed by atoms with Crippen LogP contribution in [0, 0.1) is 0 Å². The van der Waals surface area contributed by atoms with Crippen LogP contribution in [0.4, 0.5) is 0 Å². The van der Waals surface area contributed by atoms with Crippen molar-refractivity contribution < 1.29 is 19.1 Å². The lowest BCUT2D eigenvalue weighted by molar-refractivity contribution is -0.190. The lowest BCUT2D eigenvalue weighted by Crippen LogP contribution is -2.58. The predicted molar refractivity (Wildman–Crippen MR) is 91.8 cm³/mol. The van der Waals surface area contributed by atoms with Gasteiger partial charge in [0.05, 0.1) is 25.6 Å². The lowest BCUT2D eigenvalue weighted by Gasteiger charge is -2.38. The Kier molecular flexibility index (Phi) is 4.92. The molecule has 2 aromatic rings. The number of Topliss-reactive ketones (excluding diaryl/α,β-unsaturated/α-hetero) is 1. The smallest absolute Gasteiger partial charge is 0.359 e. The molecule has 0 bridgehead atoms. The van der Waals surface area contributed by atoms with Crippen molar-refractivity contribution in [2.24, 2.45) is 0 Å². The summed E-state index contributed by atoms with van der Waals surface area (Å²) in [5, 5.41) is 0.0483. The Balaban J connectivity index is 1.89. The van der Waals surface area contributed by atoms with E-state index in [1.54, 1.807) is 11.5 Å². The van der Waals surface area contributed by atoms with Crippen LogP contribution < -0.4 is 0 Å². The van der Waals surface area contributed by atoms with Gasteiger partial charge in [-0.2, -0.15) is 0 Å². The molecule has 0 aliphatic carbocycles. The molecule has 0 saturated carbocycles. The number of carbonyl (C=O) groups excluding carboxylic acids is 2. The Labute approximate surface area is 150 Å².